The van der Waals surface area contributed by atoms with E-state index in [2.05, 4.69) is 15.3 Å². The van der Waals surface area contributed by atoms with Crippen LogP contribution in [0.3, 0.4) is 0 Å². The van der Waals surface area contributed by atoms with Crippen LogP contribution in [-0.4, -0.2) is 23.1 Å². The van der Waals surface area contributed by atoms with Crippen molar-refractivity contribution < 1.29 is 0 Å². The van der Waals surface area contributed by atoms with Crippen LogP contribution in [0.25, 0.3) is 0 Å². The second kappa shape index (κ2) is 5.10. The van der Waals surface area contributed by atoms with E-state index < -0.39 is 0 Å². The van der Waals surface area contributed by atoms with Gasteiger partial charge in [-0.2, -0.15) is 0 Å². The Kier molecular flexibility index (Phi) is 4.32. The predicted octanol–water partition coefficient (Wildman–Crippen LogP) is 1.88. The Morgan fingerprint density at radius 1 is 1.00 bits per heavy atom. The molecule has 0 spiro atoms. The smallest absolute Gasteiger partial charge is 0.133 e. The fourth-order valence-electron chi connectivity index (χ4n) is 1.66. The van der Waals surface area contributed by atoms with Crippen molar-refractivity contribution in [2.45, 2.75) is 24.7 Å². The standard InChI is InChI=1S/C10H13N3.2ClH/c1-2-7(1)8-5-12-10(13-6-8)9-3-11-4-9;;/h5-7,9,11H,1-4H2;2*1H. The van der Waals surface area contributed by atoms with Crippen molar-refractivity contribution in [3.05, 3.63) is 23.8 Å². The number of aromatic nitrogens is 2. The molecule has 15 heavy (non-hydrogen) atoms. The van der Waals surface area contributed by atoms with E-state index in [1.54, 1.807) is 0 Å². The van der Waals surface area contributed by atoms with Gasteiger partial charge in [-0.15, -0.1) is 24.8 Å². The summed E-state index contributed by atoms with van der Waals surface area (Å²) in [6, 6.07) is 0. The SMILES string of the molecule is Cl.Cl.c1nc(C2CNC2)ncc1C1CC1. The van der Waals surface area contributed by atoms with Crippen LogP contribution in [0.4, 0.5) is 0 Å². The van der Waals surface area contributed by atoms with Crippen molar-refractivity contribution in [1.82, 2.24) is 15.3 Å². The Hall–Kier alpha value is -0.380. The van der Waals surface area contributed by atoms with Crippen LogP contribution >= 0.6 is 24.8 Å². The molecule has 3 nitrogen and oxygen atoms in total. The average Bonchev–Trinajstić information content (AvgIpc) is 2.85. The minimum absolute atomic E-state index is 0. The highest BCUT2D eigenvalue weighted by molar-refractivity contribution is 5.85. The fraction of sp³-hybridized carbons (Fsp3) is 0.600. The monoisotopic (exact) mass is 247 g/mol. The molecule has 0 aromatic carbocycles. The molecule has 5 heteroatoms. The zero-order valence-corrected chi connectivity index (χ0v) is 9.98. The highest BCUT2D eigenvalue weighted by atomic mass is 35.5. The Balaban J connectivity index is 0.000000562. The normalized spacial score (nSPS) is 19.7. The van der Waals surface area contributed by atoms with Gasteiger partial charge in [-0.1, -0.05) is 0 Å². The first-order valence-corrected chi connectivity index (χ1v) is 4.96. The molecule has 1 saturated carbocycles. The van der Waals surface area contributed by atoms with Crippen molar-refractivity contribution in [3.8, 4) is 0 Å². The van der Waals surface area contributed by atoms with Crippen LogP contribution in [-0.2, 0) is 0 Å². The summed E-state index contributed by atoms with van der Waals surface area (Å²) in [6.07, 6.45) is 6.68. The summed E-state index contributed by atoms with van der Waals surface area (Å²) in [6.45, 7) is 2.09. The molecule has 0 unspecified atom stereocenters. The third-order valence-corrected chi connectivity index (χ3v) is 2.89. The quantitative estimate of drug-likeness (QED) is 0.868. The van der Waals surface area contributed by atoms with E-state index in [1.807, 2.05) is 12.4 Å². The van der Waals surface area contributed by atoms with Gasteiger partial charge < -0.3 is 5.32 Å². The van der Waals surface area contributed by atoms with Crippen molar-refractivity contribution in [2.75, 3.05) is 13.1 Å². The molecular formula is C10H15Cl2N3. The van der Waals surface area contributed by atoms with Crippen molar-refractivity contribution in [1.29, 1.82) is 0 Å². The second-order valence-electron chi connectivity index (χ2n) is 4.00. The van der Waals surface area contributed by atoms with Gasteiger partial charge >= 0.3 is 0 Å². The molecule has 0 radical (unpaired) electrons. The summed E-state index contributed by atoms with van der Waals surface area (Å²) in [4.78, 5) is 8.82. The van der Waals surface area contributed by atoms with E-state index in [1.165, 1.54) is 18.4 Å². The van der Waals surface area contributed by atoms with Crippen molar-refractivity contribution >= 4 is 24.8 Å². The lowest BCUT2D eigenvalue weighted by atomic mass is 10.0. The molecule has 1 aromatic rings. The first kappa shape index (κ1) is 12.7. The number of nitrogens with zero attached hydrogens (tertiary/aromatic N) is 2. The second-order valence-corrected chi connectivity index (χ2v) is 4.00. The largest absolute Gasteiger partial charge is 0.315 e. The first-order valence-electron chi connectivity index (χ1n) is 4.96. The maximum Gasteiger partial charge on any atom is 0.133 e. The average molecular weight is 248 g/mol. The van der Waals surface area contributed by atoms with E-state index in [0.29, 0.717) is 5.92 Å². The van der Waals surface area contributed by atoms with E-state index in [4.69, 9.17) is 0 Å². The van der Waals surface area contributed by atoms with Gasteiger partial charge in [0.05, 0.1) is 0 Å². The van der Waals surface area contributed by atoms with Gasteiger partial charge in [-0.3, -0.25) is 0 Å². The van der Waals surface area contributed by atoms with Crippen molar-refractivity contribution in [2.24, 2.45) is 0 Å². The summed E-state index contributed by atoms with van der Waals surface area (Å²) < 4.78 is 0. The van der Waals surface area contributed by atoms with Gasteiger partial charge in [0.25, 0.3) is 0 Å². The van der Waals surface area contributed by atoms with Crippen LogP contribution in [0.5, 0.6) is 0 Å². The van der Waals surface area contributed by atoms with Crippen LogP contribution in [0, 0.1) is 0 Å². The molecule has 1 aliphatic heterocycles. The summed E-state index contributed by atoms with van der Waals surface area (Å²) >= 11 is 0. The summed E-state index contributed by atoms with van der Waals surface area (Å²) in [5.74, 6) is 2.35. The van der Waals surface area contributed by atoms with Gasteiger partial charge in [-0.25, -0.2) is 9.97 Å². The fourth-order valence-corrected chi connectivity index (χ4v) is 1.66. The summed E-state index contributed by atoms with van der Waals surface area (Å²) in [5.41, 5.74) is 1.33. The lowest BCUT2D eigenvalue weighted by Crippen LogP contribution is -2.40. The van der Waals surface area contributed by atoms with Crippen LogP contribution in [0.1, 0.15) is 36.1 Å². The molecule has 2 heterocycles. The topological polar surface area (TPSA) is 37.8 Å². The van der Waals surface area contributed by atoms with Crippen molar-refractivity contribution in [3.63, 3.8) is 0 Å². The number of halogens is 2. The van der Waals surface area contributed by atoms with Gasteiger partial charge in [-0.05, 0) is 24.3 Å². The Labute approximate surface area is 102 Å². The minimum Gasteiger partial charge on any atom is -0.315 e. The summed E-state index contributed by atoms with van der Waals surface area (Å²) in [5, 5.41) is 3.23. The Bertz CT molecular complexity index is 307. The molecule has 1 aromatic heterocycles. The van der Waals surface area contributed by atoms with Gasteiger partial charge in [0, 0.05) is 31.4 Å². The Morgan fingerprint density at radius 2 is 1.60 bits per heavy atom. The molecule has 1 aliphatic carbocycles. The lowest BCUT2D eigenvalue weighted by molar-refractivity contribution is 0.429. The van der Waals surface area contributed by atoms with Gasteiger partial charge in [0.15, 0.2) is 0 Å². The number of hydrogen-bond acceptors (Lipinski definition) is 3. The number of hydrogen-bond donors (Lipinski definition) is 1. The van der Waals surface area contributed by atoms with Crippen LogP contribution in [0.15, 0.2) is 12.4 Å². The lowest BCUT2D eigenvalue weighted by Gasteiger charge is -2.25. The molecule has 0 bridgehead atoms. The Morgan fingerprint density at radius 3 is 2.00 bits per heavy atom. The maximum absolute atomic E-state index is 4.41. The molecule has 2 aliphatic rings. The van der Waals surface area contributed by atoms with Crippen LogP contribution in [0.2, 0.25) is 0 Å². The zero-order valence-electron chi connectivity index (χ0n) is 8.35. The number of nitrogens with one attached hydrogen (secondary N) is 1. The van der Waals surface area contributed by atoms with Gasteiger partial charge in [0.2, 0.25) is 0 Å². The maximum atomic E-state index is 4.41. The molecule has 3 rings (SSSR count). The third-order valence-electron chi connectivity index (χ3n) is 2.89. The van der Waals surface area contributed by atoms with Crippen LogP contribution < -0.4 is 5.32 Å². The molecular weight excluding hydrogens is 233 g/mol. The molecule has 84 valence electrons. The summed E-state index contributed by atoms with van der Waals surface area (Å²) in [7, 11) is 0. The number of rotatable bonds is 2. The van der Waals surface area contributed by atoms with E-state index in [-0.39, 0.29) is 24.8 Å². The van der Waals surface area contributed by atoms with E-state index >= 15 is 0 Å². The van der Waals surface area contributed by atoms with E-state index in [0.717, 1.165) is 24.8 Å². The molecule has 1 saturated heterocycles. The zero-order chi connectivity index (χ0) is 8.67. The van der Waals surface area contributed by atoms with Gasteiger partial charge in [0.1, 0.15) is 5.82 Å². The first-order chi connectivity index (χ1) is 6.43. The molecule has 0 atom stereocenters. The highest BCUT2D eigenvalue weighted by Crippen LogP contribution is 2.39. The third kappa shape index (κ3) is 2.60. The minimum atomic E-state index is 0. The molecule has 0 amide bonds. The molecule has 1 N–H and O–H groups in total. The molecule has 2 fully saturated rings. The van der Waals surface area contributed by atoms with E-state index in [9.17, 15) is 0 Å². The predicted molar refractivity (Wildman–Crippen MR) is 64.1 cm³/mol. The highest BCUT2D eigenvalue weighted by Gasteiger charge is 2.25.